The van der Waals surface area contributed by atoms with Crippen LogP contribution in [0.3, 0.4) is 0 Å². The average Bonchev–Trinajstić information content (AvgIpc) is 3.68. The molecule has 1 aromatic heterocycles. The first-order valence-corrected chi connectivity index (χ1v) is 14.2. The molecule has 5 rings (SSSR count). The number of nitrogens with one attached hydrogen (secondary N) is 2. The molecule has 198 valence electrons. The molecule has 0 bridgehead atoms. The molecule has 38 heavy (non-hydrogen) atoms. The van der Waals surface area contributed by atoms with Gasteiger partial charge in [0.25, 0.3) is 15.9 Å². The minimum absolute atomic E-state index is 0.106. The Morgan fingerprint density at radius 2 is 1.74 bits per heavy atom. The molecule has 0 unspecified atom stereocenters. The zero-order chi connectivity index (χ0) is 26.7. The third-order valence-electron chi connectivity index (χ3n) is 7.01. The van der Waals surface area contributed by atoms with E-state index in [4.69, 9.17) is 4.52 Å². The van der Waals surface area contributed by atoms with Crippen molar-refractivity contribution in [1.82, 2.24) is 20.8 Å². The van der Waals surface area contributed by atoms with Crippen LogP contribution in [0, 0.1) is 5.92 Å². The number of Topliss-reactive ketones (excluding diaryl/α,β-unsaturated/α-hetero) is 1. The van der Waals surface area contributed by atoms with Crippen LogP contribution in [0.15, 0.2) is 68.4 Å². The molecule has 2 heterocycles. The average molecular weight is 536 g/mol. The maximum absolute atomic E-state index is 13.5. The van der Waals surface area contributed by atoms with Gasteiger partial charge in [0.2, 0.25) is 17.5 Å². The maximum Gasteiger partial charge on any atom is 0.296 e. The van der Waals surface area contributed by atoms with E-state index in [9.17, 15) is 18.0 Å². The lowest BCUT2D eigenvalue weighted by Gasteiger charge is -2.24. The van der Waals surface area contributed by atoms with E-state index in [-0.39, 0.29) is 22.4 Å². The van der Waals surface area contributed by atoms with Gasteiger partial charge in [-0.05, 0) is 30.9 Å². The molecule has 2 atom stereocenters. The van der Waals surface area contributed by atoms with Crippen LogP contribution >= 0.6 is 0 Å². The molecule has 1 saturated carbocycles. The van der Waals surface area contributed by atoms with Gasteiger partial charge in [0.15, 0.2) is 0 Å². The quantitative estimate of drug-likeness (QED) is 0.396. The molecule has 11 heteroatoms. The van der Waals surface area contributed by atoms with Gasteiger partial charge in [-0.15, -0.1) is 4.40 Å². The molecule has 1 aliphatic carbocycles. The normalized spacial score (nSPS) is 17.9. The third-order valence-corrected chi connectivity index (χ3v) is 8.35. The number of benzene rings is 2. The Morgan fingerprint density at radius 3 is 2.47 bits per heavy atom. The van der Waals surface area contributed by atoms with Crippen molar-refractivity contribution in [2.45, 2.75) is 62.4 Å². The highest BCUT2D eigenvalue weighted by Gasteiger charge is 2.34. The molecule has 0 spiro atoms. The van der Waals surface area contributed by atoms with Crippen molar-refractivity contribution >= 4 is 27.5 Å². The van der Waals surface area contributed by atoms with Gasteiger partial charge in [0.05, 0.1) is 6.04 Å². The number of amides is 1. The summed E-state index contributed by atoms with van der Waals surface area (Å²) < 4.78 is 34.2. The minimum atomic E-state index is -3.84. The Labute approximate surface area is 221 Å². The second-order valence-electron chi connectivity index (χ2n) is 9.62. The Bertz CT molecular complexity index is 1460. The van der Waals surface area contributed by atoms with Crippen molar-refractivity contribution in [3.05, 3.63) is 66.1 Å². The summed E-state index contributed by atoms with van der Waals surface area (Å²) in [5.74, 6) is -0.341. The smallest absolute Gasteiger partial charge is 0.296 e. The number of carbonyl (C=O) groups is 2. The molecular weight excluding hydrogens is 506 g/mol. The van der Waals surface area contributed by atoms with Gasteiger partial charge in [-0.2, -0.15) is 13.4 Å². The number of rotatable bonds is 9. The molecule has 1 amide bonds. The highest BCUT2D eigenvalue weighted by Crippen LogP contribution is 2.30. The van der Waals surface area contributed by atoms with E-state index in [1.807, 2.05) is 30.3 Å². The van der Waals surface area contributed by atoms with Crippen LogP contribution in [0.2, 0.25) is 0 Å². The lowest BCUT2D eigenvalue weighted by Crippen LogP contribution is -2.52. The number of hydrogen-bond donors (Lipinski definition) is 2. The fourth-order valence-electron chi connectivity index (χ4n) is 4.99. The topological polar surface area (TPSA) is 144 Å². The van der Waals surface area contributed by atoms with Gasteiger partial charge in [-0.3, -0.25) is 9.59 Å². The van der Waals surface area contributed by atoms with Crippen LogP contribution in [0.25, 0.3) is 11.4 Å². The molecule has 2 N–H and O–H groups in total. The van der Waals surface area contributed by atoms with Crippen LogP contribution in [0.5, 0.6) is 0 Å². The van der Waals surface area contributed by atoms with Crippen LogP contribution in [0.1, 0.15) is 61.7 Å². The first-order valence-electron chi connectivity index (χ1n) is 12.8. The second kappa shape index (κ2) is 10.9. The summed E-state index contributed by atoms with van der Waals surface area (Å²) >= 11 is 0. The number of carbonyl (C=O) groups excluding carboxylic acids is 2. The van der Waals surface area contributed by atoms with Gasteiger partial charge in [0, 0.05) is 11.1 Å². The van der Waals surface area contributed by atoms with Crippen LogP contribution in [0.4, 0.5) is 0 Å². The molecule has 1 fully saturated rings. The van der Waals surface area contributed by atoms with E-state index in [0.29, 0.717) is 29.9 Å². The summed E-state index contributed by atoms with van der Waals surface area (Å²) in [5.41, 5.74) is 1.14. The number of amidine groups is 1. The zero-order valence-electron chi connectivity index (χ0n) is 21.0. The lowest BCUT2D eigenvalue weighted by molar-refractivity contribution is -0.123. The van der Waals surface area contributed by atoms with Gasteiger partial charge in [0.1, 0.15) is 16.8 Å². The Balaban J connectivity index is 1.34. The predicted octanol–water partition coefficient (Wildman–Crippen LogP) is 3.50. The van der Waals surface area contributed by atoms with E-state index in [1.165, 1.54) is 6.07 Å². The fraction of sp³-hybridized carbons (Fsp3) is 0.370. The van der Waals surface area contributed by atoms with Crippen LogP contribution in [-0.2, 0) is 14.8 Å². The molecule has 0 saturated heterocycles. The van der Waals surface area contributed by atoms with Gasteiger partial charge < -0.3 is 15.2 Å². The number of fused-ring (bicyclic) bond motifs is 1. The van der Waals surface area contributed by atoms with Crippen molar-refractivity contribution in [1.29, 1.82) is 0 Å². The van der Waals surface area contributed by atoms with Crippen molar-refractivity contribution in [2.24, 2.45) is 10.3 Å². The molecule has 1 aliphatic heterocycles. The molecule has 10 nitrogen and oxygen atoms in total. The van der Waals surface area contributed by atoms with E-state index in [1.54, 1.807) is 25.1 Å². The third kappa shape index (κ3) is 5.38. The minimum Gasteiger partial charge on any atom is -0.357 e. The predicted molar refractivity (Wildman–Crippen MR) is 140 cm³/mol. The van der Waals surface area contributed by atoms with E-state index < -0.39 is 33.8 Å². The monoisotopic (exact) mass is 535 g/mol. The van der Waals surface area contributed by atoms with Crippen molar-refractivity contribution in [3.63, 3.8) is 0 Å². The number of ketones is 1. The first-order chi connectivity index (χ1) is 18.4. The number of nitrogens with zero attached hydrogens (tertiary/aromatic N) is 3. The summed E-state index contributed by atoms with van der Waals surface area (Å²) in [4.78, 5) is 31.0. The standard InChI is InChI=1S/C27H29N5O5S/c1-2-20(23(33)27-30-24(31-37-27)18-12-4-3-5-13-18)29-26(34)21(16-17-10-6-7-11-17)28-25-19-14-8-9-15-22(19)38(35,36)32-25/h3-5,8-9,12-15,17,20-21H,2,6-7,10-11,16H2,1H3,(H,28,32)(H,29,34)/t20-,21-/m0/s1. The molecule has 0 radical (unpaired) electrons. The van der Waals surface area contributed by atoms with Crippen molar-refractivity contribution in [2.75, 3.05) is 0 Å². The molecular formula is C27H29N5O5S. The van der Waals surface area contributed by atoms with Gasteiger partial charge in [-0.1, -0.05) is 80.2 Å². The Kier molecular flexibility index (Phi) is 7.37. The Morgan fingerprint density at radius 1 is 1.03 bits per heavy atom. The fourth-order valence-corrected chi connectivity index (χ4v) is 6.17. The number of sulfonamides is 1. The lowest BCUT2D eigenvalue weighted by atomic mass is 9.97. The molecule has 2 aliphatic rings. The summed E-state index contributed by atoms with van der Waals surface area (Å²) in [6.45, 7) is 1.78. The van der Waals surface area contributed by atoms with E-state index >= 15 is 0 Å². The summed E-state index contributed by atoms with van der Waals surface area (Å²) in [6, 6.07) is 14.0. The molecule has 2 aromatic carbocycles. The highest BCUT2D eigenvalue weighted by atomic mass is 32.2. The molecule has 3 aromatic rings. The van der Waals surface area contributed by atoms with Crippen molar-refractivity contribution in [3.8, 4) is 11.4 Å². The second-order valence-corrected chi connectivity index (χ2v) is 11.2. The van der Waals surface area contributed by atoms with Gasteiger partial charge >= 0.3 is 0 Å². The number of hydrogen-bond acceptors (Lipinski definition) is 8. The first kappa shape index (κ1) is 25.8. The van der Waals surface area contributed by atoms with Gasteiger partial charge in [-0.25, -0.2) is 0 Å². The Hall–Kier alpha value is -3.86. The largest absolute Gasteiger partial charge is 0.357 e. The SMILES string of the molecule is CC[C@H](NC(=O)[C@H](CC1CCCC1)NC1=NS(=O)(=O)c2ccccc21)C(=O)c1nc(-c2ccccc2)no1. The van der Waals surface area contributed by atoms with E-state index in [2.05, 4.69) is 25.2 Å². The van der Waals surface area contributed by atoms with Crippen molar-refractivity contribution < 1.29 is 22.5 Å². The van der Waals surface area contributed by atoms with E-state index in [0.717, 1.165) is 25.7 Å². The van der Waals surface area contributed by atoms with Crippen LogP contribution < -0.4 is 10.6 Å². The summed E-state index contributed by atoms with van der Waals surface area (Å²) in [6.07, 6.45) is 4.97. The van der Waals surface area contributed by atoms with Crippen LogP contribution in [-0.4, -0.2) is 48.2 Å². The summed E-state index contributed by atoms with van der Waals surface area (Å²) in [5, 5.41) is 9.81. The maximum atomic E-state index is 13.5. The zero-order valence-corrected chi connectivity index (χ0v) is 21.8. The number of aromatic nitrogens is 2. The summed E-state index contributed by atoms with van der Waals surface area (Å²) in [7, 11) is -3.84. The highest BCUT2D eigenvalue weighted by molar-refractivity contribution is 7.90.